The number of phenolic OH excluding ortho intramolecular Hbond substituents is 3. The predicted octanol–water partition coefficient (Wildman–Crippen LogP) is 4.09. The largest absolute Gasteiger partial charge is 0.507 e. The van der Waals surface area contributed by atoms with Gasteiger partial charge < -0.3 is 29.5 Å². The van der Waals surface area contributed by atoms with Gasteiger partial charge >= 0.3 is 0 Å². The van der Waals surface area contributed by atoms with E-state index >= 15 is 0 Å². The van der Waals surface area contributed by atoms with Gasteiger partial charge in [0.05, 0.1) is 20.6 Å². The second kappa shape index (κ2) is 7.67. The maximum absolute atomic E-state index is 12.9. The number of benzene rings is 2. The SMILES string of the molecule is COC1=CCC(c2c(O)cc3c(c2O)C(=O)CC(c2ccc(OC)c(O)c2)O3)C=C1. The molecular weight excluding hydrogens is 388 g/mol. The summed E-state index contributed by atoms with van der Waals surface area (Å²) in [6, 6.07) is 6.12. The number of Topliss-reactive ketones (excluding diaryl/α,β-unsaturated/α-hetero) is 1. The maximum atomic E-state index is 12.9. The molecule has 30 heavy (non-hydrogen) atoms. The fourth-order valence-corrected chi connectivity index (χ4v) is 3.90. The standard InChI is InChI=1S/C23H22O7/c1-28-14-6-3-12(4-7-14)21-16(25)11-20-22(23(21)27)17(26)10-19(30-20)13-5-8-18(29-2)15(24)9-13/h3,5-9,11-12,19,24-25,27H,4,10H2,1-2H3. The molecule has 7 nitrogen and oxygen atoms in total. The summed E-state index contributed by atoms with van der Waals surface area (Å²) in [5.41, 5.74) is 0.934. The highest BCUT2D eigenvalue weighted by molar-refractivity contribution is 6.03. The minimum Gasteiger partial charge on any atom is -0.507 e. The Kier molecular flexibility index (Phi) is 5.03. The number of hydrogen-bond donors (Lipinski definition) is 3. The summed E-state index contributed by atoms with van der Waals surface area (Å²) < 4.78 is 16.1. The fourth-order valence-electron chi connectivity index (χ4n) is 3.90. The van der Waals surface area contributed by atoms with Gasteiger partial charge in [0.25, 0.3) is 0 Å². The van der Waals surface area contributed by atoms with E-state index in [9.17, 15) is 20.1 Å². The van der Waals surface area contributed by atoms with Crippen LogP contribution in [0.5, 0.6) is 28.7 Å². The lowest BCUT2D eigenvalue weighted by atomic mass is 9.86. The molecule has 2 unspecified atom stereocenters. The average Bonchev–Trinajstić information content (AvgIpc) is 2.73. The van der Waals surface area contributed by atoms with Gasteiger partial charge in [-0.15, -0.1) is 0 Å². The number of allylic oxidation sites excluding steroid dienone is 3. The van der Waals surface area contributed by atoms with Crippen LogP contribution >= 0.6 is 0 Å². The zero-order chi connectivity index (χ0) is 21.4. The Morgan fingerprint density at radius 1 is 1.07 bits per heavy atom. The van der Waals surface area contributed by atoms with E-state index in [1.54, 1.807) is 25.3 Å². The minimum atomic E-state index is -0.659. The van der Waals surface area contributed by atoms with Crippen molar-refractivity contribution in [2.45, 2.75) is 24.9 Å². The van der Waals surface area contributed by atoms with E-state index in [-0.39, 0.29) is 52.2 Å². The number of methoxy groups -OCH3 is 2. The highest BCUT2D eigenvalue weighted by atomic mass is 16.5. The first-order valence-corrected chi connectivity index (χ1v) is 9.50. The van der Waals surface area contributed by atoms with Gasteiger partial charge in [-0.1, -0.05) is 12.1 Å². The molecule has 0 radical (unpaired) electrons. The Morgan fingerprint density at radius 2 is 1.87 bits per heavy atom. The quantitative estimate of drug-likeness (QED) is 0.697. The van der Waals surface area contributed by atoms with Crippen molar-refractivity contribution in [1.82, 2.24) is 0 Å². The van der Waals surface area contributed by atoms with Crippen molar-refractivity contribution in [3.63, 3.8) is 0 Å². The van der Waals surface area contributed by atoms with Gasteiger partial charge in [-0.3, -0.25) is 4.79 Å². The van der Waals surface area contributed by atoms with Crippen molar-refractivity contribution in [3.8, 4) is 28.7 Å². The highest BCUT2D eigenvalue weighted by Gasteiger charge is 2.34. The molecule has 2 aliphatic rings. The summed E-state index contributed by atoms with van der Waals surface area (Å²) in [4.78, 5) is 12.9. The van der Waals surface area contributed by atoms with Crippen LogP contribution in [-0.4, -0.2) is 35.3 Å². The van der Waals surface area contributed by atoms with Crippen LogP contribution in [0.2, 0.25) is 0 Å². The van der Waals surface area contributed by atoms with Gasteiger partial charge in [0, 0.05) is 17.5 Å². The van der Waals surface area contributed by atoms with Gasteiger partial charge in [0.15, 0.2) is 17.3 Å². The molecule has 2 atom stereocenters. The van der Waals surface area contributed by atoms with Crippen molar-refractivity contribution in [2.75, 3.05) is 14.2 Å². The monoisotopic (exact) mass is 410 g/mol. The lowest BCUT2D eigenvalue weighted by Crippen LogP contribution is -2.21. The highest BCUT2D eigenvalue weighted by Crippen LogP contribution is 2.48. The average molecular weight is 410 g/mol. The number of aromatic hydroxyl groups is 3. The fraction of sp³-hybridized carbons (Fsp3) is 0.261. The van der Waals surface area contributed by atoms with Crippen LogP contribution in [0.4, 0.5) is 0 Å². The molecule has 0 spiro atoms. The molecule has 3 N–H and O–H groups in total. The van der Waals surface area contributed by atoms with E-state index in [0.717, 1.165) is 0 Å². The van der Waals surface area contributed by atoms with Gasteiger partial charge in [0.2, 0.25) is 0 Å². The van der Waals surface area contributed by atoms with Gasteiger partial charge in [-0.05, 0) is 36.3 Å². The van der Waals surface area contributed by atoms with Crippen LogP contribution in [-0.2, 0) is 4.74 Å². The molecule has 156 valence electrons. The minimum absolute atomic E-state index is 0.00915. The number of carbonyl (C=O) groups is 1. The Labute approximate surface area is 173 Å². The normalized spacial score (nSPS) is 20.2. The van der Waals surface area contributed by atoms with E-state index in [0.29, 0.717) is 23.5 Å². The van der Waals surface area contributed by atoms with Crippen molar-refractivity contribution in [1.29, 1.82) is 0 Å². The molecule has 0 amide bonds. The third-order valence-electron chi connectivity index (χ3n) is 5.45. The number of hydrogen-bond acceptors (Lipinski definition) is 7. The number of ketones is 1. The number of rotatable bonds is 4. The van der Waals surface area contributed by atoms with E-state index < -0.39 is 6.10 Å². The summed E-state index contributed by atoms with van der Waals surface area (Å²) in [7, 11) is 3.02. The number of carbonyl (C=O) groups excluding carboxylic acids is 1. The first-order chi connectivity index (χ1) is 14.4. The summed E-state index contributed by atoms with van der Waals surface area (Å²) in [6.07, 6.45) is 5.28. The topological polar surface area (TPSA) is 105 Å². The predicted molar refractivity (Wildman–Crippen MR) is 108 cm³/mol. The second-order valence-electron chi connectivity index (χ2n) is 7.21. The molecule has 0 saturated carbocycles. The summed E-state index contributed by atoms with van der Waals surface area (Å²) >= 11 is 0. The Bertz CT molecular complexity index is 1070. The molecule has 1 aliphatic heterocycles. The molecule has 2 aromatic rings. The second-order valence-corrected chi connectivity index (χ2v) is 7.21. The smallest absolute Gasteiger partial charge is 0.174 e. The zero-order valence-corrected chi connectivity index (χ0v) is 16.6. The Hall–Kier alpha value is -3.61. The Balaban J connectivity index is 1.67. The summed E-state index contributed by atoms with van der Waals surface area (Å²) in [6.45, 7) is 0. The third kappa shape index (κ3) is 3.32. The van der Waals surface area contributed by atoms with Crippen LogP contribution in [0.3, 0.4) is 0 Å². The maximum Gasteiger partial charge on any atom is 0.174 e. The Morgan fingerprint density at radius 3 is 2.50 bits per heavy atom. The van der Waals surface area contributed by atoms with Crippen molar-refractivity contribution in [3.05, 3.63) is 64.9 Å². The van der Waals surface area contributed by atoms with Crippen molar-refractivity contribution >= 4 is 5.78 Å². The molecule has 1 heterocycles. The molecule has 0 fully saturated rings. The number of phenols is 3. The molecule has 4 rings (SSSR count). The first-order valence-electron chi connectivity index (χ1n) is 9.50. The van der Waals surface area contributed by atoms with Gasteiger partial charge in [-0.25, -0.2) is 0 Å². The van der Waals surface area contributed by atoms with Crippen LogP contribution in [0.15, 0.2) is 48.3 Å². The molecular formula is C23H22O7. The van der Waals surface area contributed by atoms with Gasteiger partial charge in [0.1, 0.15) is 34.7 Å². The van der Waals surface area contributed by atoms with Crippen LogP contribution < -0.4 is 9.47 Å². The van der Waals surface area contributed by atoms with E-state index in [1.807, 2.05) is 12.2 Å². The lowest BCUT2D eigenvalue weighted by Gasteiger charge is -2.28. The number of ether oxygens (including phenoxy) is 3. The first kappa shape index (κ1) is 19.7. The summed E-state index contributed by atoms with van der Waals surface area (Å²) in [5.74, 6) is 0.0434. The zero-order valence-electron chi connectivity index (χ0n) is 16.6. The molecule has 1 aliphatic carbocycles. The molecule has 0 saturated heterocycles. The molecule has 0 bridgehead atoms. The van der Waals surface area contributed by atoms with Crippen molar-refractivity contribution < 1.29 is 34.3 Å². The molecule has 2 aromatic carbocycles. The third-order valence-corrected chi connectivity index (χ3v) is 5.45. The molecule has 7 heteroatoms. The molecule has 0 aromatic heterocycles. The van der Waals surface area contributed by atoms with Crippen molar-refractivity contribution in [2.24, 2.45) is 0 Å². The van der Waals surface area contributed by atoms with Crippen LogP contribution in [0, 0.1) is 0 Å². The van der Waals surface area contributed by atoms with Crippen LogP contribution in [0.25, 0.3) is 0 Å². The van der Waals surface area contributed by atoms with E-state index in [1.165, 1.54) is 19.2 Å². The van der Waals surface area contributed by atoms with Crippen LogP contribution in [0.1, 0.15) is 46.3 Å². The number of fused-ring (bicyclic) bond motifs is 1. The van der Waals surface area contributed by atoms with E-state index in [2.05, 4.69) is 0 Å². The van der Waals surface area contributed by atoms with E-state index in [4.69, 9.17) is 14.2 Å². The summed E-state index contributed by atoms with van der Waals surface area (Å²) in [5, 5.41) is 31.4. The van der Waals surface area contributed by atoms with Gasteiger partial charge in [-0.2, -0.15) is 0 Å². The lowest BCUT2D eigenvalue weighted by molar-refractivity contribution is 0.0844.